The van der Waals surface area contributed by atoms with Crippen molar-refractivity contribution in [3.8, 4) is 0 Å². The van der Waals surface area contributed by atoms with E-state index in [0.717, 1.165) is 0 Å². The van der Waals surface area contributed by atoms with Crippen molar-refractivity contribution in [3.05, 3.63) is 36.2 Å². The first kappa shape index (κ1) is 15.0. The van der Waals surface area contributed by atoms with Gasteiger partial charge in [-0.15, -0.1) is 6.58 Å². The first-order valence-electron chi connectivity index (χ1n) is 6.72. The predicted octanol–water partition coefficient (Wildman–Crippen LogP) is 2.31. The lowest BCUT2D eigenvalue weighted by atomic mass is 10.0. The first-order chi connectivity index (χ1) is 9.39. The Morgan fingerprint density at radius 2 is 2.25 bits per heavy atom. The Kier molecular flexibility index (Phi) is 4.15. The van der Waals surface area contributed by atoms with Crippen LogP contribution in [0.4, 0.5) is 0 Å². The van der Waals surface area contributed by atoms with E-state index >= 15 is 0 Å². The second-order valence-corrected chi connectivity index (χ2v) is 6.96. The van der Waals surface area contributed by atoms with Crippen LogP contribution < -0.4 is 0 Å². The summed E-state index contributed by atoms with van der Waals surface area (Å²) in [7, 11) is -3.56. The molecule has 2 atom stereocenters. The average Bonchev–Trinajstić information content (AvgIpc) is 2.69. The molecule has 110 valence electrons. The molecule has 1 aliphatic heterocycles. The van der Waals surface area contributed by atoms with E-state index in [4.69, 9.17) is 0 Å². The van der Waals surface area contributed by atoms with Crippen molar-refractivity contribution in [2.45, 2.75) is 50.6 Å². The topological polar surface area (TPSA) is 66.1 Å². The molecule has 0 unspecified atom stereocenters. The highest BCUT2D eigenvalue weighted by Crippen LogP contribution is 2.30. The van der Waals surface area contributed by atoms with Gasteiger partial charge in [-0.25, -0.2) is 8.42 Å². The first-order valence-corrected chi connectivity index (χ1v) is 8.16. The van der Waals surface area contributed by atoms with Crippen molar-refractivity contribution in [1.82, 2.24) is 14.5 Å². The summed E-state index contributed by atoms with van der Waals surface area (Å²) in [6.45, 7) is 9.07. The third-order valence-electron chi connectivity index (χ3n) is 3.62. The Bertz CT molecular complexity index is 611. The SMILES string of the molecule is C=CC[C@@H]1CC=C[C@@H](C)N1S(=O)(=O)c1c(C)n[nH]c1C. The maximum absolute atomic E-state index is 13.0. The van der Waals surface area contributed by atoms with E-state index in [1.165, 1.54) is 0 Å². The van der Waals surface area contributed by atoms with Gasteiger partial charge in [0.25, 0.3) is 0 Å². The molecule has 1 aliphatic rings. The van der Waals surface area contributed by atoms with E-state index in [1.54, 1.807) is 24.2 Å². The normalized spacial score (nSPS) is 23.9. The summed E-state index contributed by atoms with van der Waals surface area (Å²) in [6, 6.07) is -0.237. The molecule has 0 aromatic carbocycles. The van der Waals surface area contributed by atoms with E-state index in [2.05, 4.69) is 16.8 Å². The molecule has 0 saturated heterocycles. The van der Waals surface area contributed by atoms with Crippen molar-refractivity contribution >= 4 is 10.0 Å². The Morgan fingerprint density at radius 3 is 2.80 bits per heavy atom. The largest absolute Gasteiger partial charge is 0.281 e. The number of sulfonamides is 1. The van der Waals surface area contributed by atoms with Gasteiger partial charge >= 0.3 is 0 Å². The summed E-state index contributed by atoms with van der Waals surface area (Å²) in [4.78, 5) is 0.300. The molecule has 0 amide bonds. The number of nitrogens with one attached hydrogen (secondary N) is 1. The predicted molar refractivity (Wildman–Crippen MR) is 78.9 cm³/mol. The molecular formula is C14H21N3O2S. The second-order valence-electron chi connectivity index (χ2n) is 5.18. The number of rotatable bonds is 4. The van der Waals surface area contributed by atoms with Gasteiger partial charge in [0, 0.05) is 12.1 Å². The molecule has 0 aliphatic carbocycles. The smallest absolute Gasteiger partial charge is 0.247 e. The molecule has 1 aromatic heterocycles. The van der Waals surface area contributed by atoms with Gasteiger partial charge in [0.1, 0.15) is 4.90 Å². The van der Waals surface area contributed by atoms with Crippen molar-refractivity contribution in [2.24, 2.45) is 0 Å². The van der Waals surface area contributed by atoms with Crippen molar-refractivity contribution in [2.75, 3.05) is 0 Å². The number of hydrogen-bond acceptors (Lipinski definition) is 3. The quantitative estimate of drug-likeness (QED) is 0.867. The van der Waals surface area contributed by atoms with E-state index in [0.29, 0.717) is 29.1 Å². The molecule has 0 radical (unpaired) electrons. The second kappa shape index (κ2) is 5.54. The summed E-state index contributed by atoms with van der Waals surface area (Å²) < 4.78 is 27.5. The molecule has 2 rings (SSSR count). The summed E-state index contributed by atoms with van der Waals surface area (Å²) in [5.41, 5.74) is 1.10. The highest BCUT2D eigenvalue weighted by molar-refractivity contribution is 7.89. The minimum Gasteiger partial charge on any atom is -0.281 e. The molecule has 5 nitrogen and oxygen atoms in total. The van der Waals surface area contributed by atoms with Crippen LogP contribution in [0.1, 0.15) is 31.2 Å². The number of aryl methyl sites for hydroxylation is 2. The highest BCUT2D eigenvalue weighted by Gasteiger charge is 2.37. The van der Waals surface area contributed by atoms with Crippen LogP contribution in [0.2, 0.25) is 0 Å². The van der Waals surface area contributed by atoms with E-state index in [-0.39, 0.29) is 12.1 Å². The Morgan fingerprint density at radius 1 is 1.55 bits per heavy atom. The van der Waals surface area contributed by atoms with Gasteiger partial charge in [0.05, 0.1) is 11.4 Å². The van der Waals surface area contributed by atoms with Crippen molar-refractivity contribution in [1.29, 1.82) is 0 Å². The number of hydrogen-bond donors (Lipinski definition) is 1. The lowest BCUT2D eigenvalue weighted by molar-refractivity contribution is 0.279. The summed E-state index contributed by atoms with van der Waals surface area (Å²) in [5.74, 6) is 0. The molecule has 0 bridgehead atoms. The Labute approximate surface area is 120 Å². The number of H-pyrrole nitrogens is 1. The standard InChI is InChI=1S/C14H21N3O2S/c1-5-7-13-9-6-8-10(2)17(13)20(18,19)14-11(3)15-16-12(14)4/h5-6,8,10,13H,1,7,9H2,2-4H3,(H,15,16)/t10-,13-/m1/s1. The number of aromatic amines is 1. The van der Waals surface area contributed by atoms with Gasteiger partial charge in [-0.1, -0.05) is 18.2 Å². The lowest BCUT2D eigenvalue weighted by Crippen LogP contribution is -2.46. The monoisotopic (exact) mass is 295 g/mol. The van der Waals surface area contributed by atoms with Crippen LogP contribution in [-0.4, -0.2) is 35.0 Å². The maximum atomic E-state index is 13.0. The molecule has 6 heteroatoms. The summed E-state index contributed by atoms with van der Waals surface area (Å²) in [5, 5.41) is 6.75. The molecule has 20 heavy (non-hydrogen) atoms. The molecular weight excluding hydrogens is 274 g/mol. The van der Waals surface area contributed by atoms with Crippen LogP contribution >= 0.6 is 0 Å². The molecule has 1 N–H and O–H groups in total. The van der Waals surface area contributed by atoms with Gasteiger partial charge < -0.3 is 0 Å². The summed E-state index contributed by atoms with van der Waals surface area (Å²) >= 11 is 0. The molecule has 0 fully saturated rings. The fraction of sp³-hybridized carbons (Fsp3) is 0.500. The molecule has 2 heterocycles. The molecule has 0 saturated carbocycles. The van der Waals surface area contributed by atoms with Crippen molar-refractivity contribution < 1.29 is 8.42 Å². The lowest BCUT2D eigenvalue weighted by Gasteiger charge is -2.36. The van der Waals surface area contributed by atoms with Gasteiger partial charge in [-0.05, 0) is 33.6 Å². The zero-order chi connectivity index (χ0) is 14.9. The fourth-order valence-corrected chi connectivity index (χ4v) is 4.92. The average molecular weight is 295 g/mol. The zero-order valence-corrected chi connectivity index (χ0v) is 12.9. The van der Waals surface area contributed by atoms with Gasteiger partial charge in [-0.2, -0.15) is 9.40 Å². The van der Waals surface area contributed by atoms with E-state index in [1.807, 2.05) is 19.1 Å². The molecule has 0 spiro atoms. The van der Waals surface area contributed by atoms with Crippen LogP contribution in [0.3, 0.4) is 0 Å². The third kappa shape index (κ3) is 2.45. The minimum absolute atomic E-state index is 0.0776. The summed E-state index contributed by atoms with van der Waals surface area (Å²) in [6.07, 6.45) is 7.10. The van der Waals surface area contributed by atoms with Gasteiger partial charge in [0.15, 0.2) is 0 Å². The van der Waals surface area contributed by atoms with Crippen LogP contribution in [0.5, 0.6) is 0 Å². The van der Waals surface area contributed by atoms with Crippen LogP contribution in [0, 0.1) is 13.8 Å². The van der Waals surface area contributed by atoms with Crippen LogP contribution in [0.15, 0.2) is 29.7 Å². The third-order valence-corrected chi connectivity index (χ3v) is 5.92. The van der Waals surface area contributed by atoms with E-state index < -0.39 is 10.0 Å². The minimum atomic E-state index is -3.56. The maximum Gasteiger partial charge on any atom is 0.247 e. The zero-order valence-electron chi connectivity index (χ0n) is 12.1. The van der Waals surface area contributed by atoms with Gasteiger partial charge in [-0.3, -0.25) is 5.10 Å². The van der Waals surface area contributed by atoms with Crippen LogP contribution in [0.25, 0.3) is 0 Å². The van der Waals surface area contributed by atoms with Gasteiger partial charge in [0.2, 0.25) is 10.0 Å². The van der Waals surface area contributed by atoms with Crippen molar-refractivity contribution in [3.63, 3.8) is 0 Å². The van der Waals surface area contributed by atoms with E-state index in [9.17, 15) is 8.42 Å². The number of aromatic nitrogens is 2. The highest BCUT2D eigenvalue weighted by atomic mass is 32.2. The molecule has 1 aromatic rings. The Hall–Kier alpha value is -1.40. The number of nitrogens with zero attached hydrogens (tertiary/aromatic N) is 2. The van der Waals surface area contributed by atoms with Crippen LogP contribution in [-0.2, 0) is 10.0 Å². The fourth-order valence-electron chi connectivity index (χ4n) is 2.79. The Balaban J connectivity index is 2.51.